The zero-order valence-electron chi connectivity index (χ0n) is 20.1. The van der Waals surface area contributed by atoms with Gasteiger partial charge in [0.2, 0.25) is 27.0 Å². The Morgan fingerprint density at radius 3 is 2.42 bits per heavy atom. The Hall–Kier alpha value is -2.65. The van der Waals surface area contributed by atoms with Crippen molar-refractivity contribution >= 4 is 45.4 Å². The number of hydrogen-bond donors (Lipinski definition) is 2. The summed E-state index contributed by atoms with van der Waals surface area (Å²) in [5.74, 6) is -0.439. The van der Waals surface area contributed by atoms with Gasteiger partial charge in [-0.3, -0.25) is 19.1 Å². The Morgan fingerprint density at radius 2 is 1.83 bits per heavy atom. The third-order valence-electron chi connectivity index (χ3n) is 7.30. The molecule has 3 heterocycles. The van der Waals surface area contributed by atoms with Crippen LogP contribution in [-0.2, 0) is 26.2 Å². The van der Waals surface area contributed by atoms with Gasteiger partial charge in [0.15, 0.2) is 0 Å². The summed E-state index contributed by atoms with van der Waals surface area (Å²) in [6, 6.07) is 3.55. The number of piperidine rings is 1. The molecule has 1 saturated carbocycles. The van der Waals surface area contributed by atoms with E-state index in [9.17, 15) is 28.1 Å². The van der Waals surface area contributed by atoms with Gasteiger partial charge >= 0.3 is 0 Å². The second-order valence-electron chi connectivity index (χ2n) is 9.85. The third kappa shape index (κ3) is 6.18. The number of carbonyl (C=O) groups excluding carboxylic acids is 3. The van der Waals surface area contributed by atoms with Gasteiger partial charge in [-0.05, 0) is 44.1 Å². The molecule has 0 radical (unpaired) electrons. The molecule has 3 aliphatic rings. The van der Waals surface area contributed by atoms with Gasteiger partial charge in [0, 0.05) is 32.0 Å². The first-order valence-corrected chi connectivity index (χ1v) is 14.5. The summed E-state index contributed by atoms with van der Waals surface area (Å²) in [7, 11) is -3.66. The van der Waals surface area contributed by atoms with Crippen molar-refractivity contribution in [3.05, 3.63) is 22.9 Å². The number of hydrogen-bond acceptors (Lipinski definition) is 8. The molecule has 1 aromatic heterocycles. The van der Waals surface area contributed by atoms with E-state index >= 15 is 0 Å². The number of nitrogens with zero attached hydrogens (tertiary/aromatic N) is 4. The molecule has 3 fully saturated rings. The van der Waals surface area contributed by atoms with Crippen molar-refractivity contribution in [3.8, 4) is 6.07 Å². The zero-order valence-corrected chi connectivity index (χ0v) is 21.8. The standard InChI is InChI=1S/C24H31N5O5S2/c25-13-18-12-19(24(32)35)20(14-29-9-3-6-21(29)30)26-22(18)28-10-7-17(8-11-28)23(31)27-36(33,34)15-16-4-1-2-5-16/h12,16-17H,1-11,14-15H2,(H,27,31)(H,32,35). The molecular formula is C24H31N5O5S2. The number of rotatable bonds is 8. The monoisotopic (exact) mass is 533 g/mol. The van der Waals surface area contributed by atoms with E-state index in [1.807, 2.05) is 4.90 Å². The minimum atomic E-state index is -3.66. The van der Waals surface area contributed by atoms with E-state index in [2.05, 4.69) is 28.4 Å². The Kier molecular flexibility index (Phi) is 8.20. The lowest BCUT2D eigenvalue weighted by atomic mass is 9.96. The average Bonchev–Trinajstić information content (AvgIpc) is 3.49. The number of amides is 2. The predicted octanol–water partition coefficient (Wildman–Crippen LogP) is 2.00. The number of anilines is 1. The van der Waals surface area contributed by atoms with Crippen molar-refractivity contribution in [2.24, 2.45) is 11.8 Å². The number of carbonyl (C=O) groups is 3. The lowest BCUT2D eigenvalue weighted by Crippen LogP contribution is -2.44. The van der Waals surface area contributed by atoms with Crippen LogP contribution in [0, 0.1) is 23.2 Å². The molecule has 36 heavy (non-hydrogen) atoms. The Morgan fingerprint density at radius 1 is 1.14 bits per heavy atom. The summed E-state index contributed by atoms with van der Waals surface area (Å²) in [5.41, 5.74) is 0.795. The van der Waals surface area contributed by atoms with Crippen molar-refractivity contribution in [2.75, 3.05) is 30.3 Å². The summed E-state index contributed by atoms with van der Waals surface area (Å²) < 4.78 is 27.2. The summed E-state index contributed by atoms with van der Waals surface area (Å²) >= 11 is 3.93. The summed E-state index contributed by atoms with van der Waals surface area (Å²) in [5, 5.41) is 9.18. The van der Waals surface area contributed by atoms with Crippen molar-refractivity contribution < 1.29 is 22.8 Å². The fourth-order valence-electron chi connectivity index (χ4n) is 5.34. The van der Waals surface area contributed by atoms with Crippen LogP contribution in [0.4, 0.5) is 5.82 Å². The maximum absolute atomic E-state index is 12.7. The van der Waals surface area contributed by atoms with E-state index in [0.717, 1.165) is 32.1 Å². The van der Waals surface area contributed by atoms with Crippen molar-refractivity contribution in [1.29, 1.82) is 5.26 Å². The molecule has 194 valence electrons. The number of sulfonamides is 1. The molecule has 1 N–H and O–H groups in total. The van der Waals surface area contributed by atoms with E-state index in [1.165, 1.54) is 6.07 Å². The van der Waals surface area contributed by atoms with E-state index in [4.69, 9.17) is 0 Å². The lowest BCUT2D eigenvalue weighted by Gasteiger charge is -2.33. The van der Waals surface area contributed by atoms with Crippen LogP contribution in [0.25, 0.3) is 0 Å². The van der Waals surface area contributed by atoms with Crippen molar-refractivity contribution in [2.45, 2.75) is 57.9 Å². The largest absolute Gasteiger partial charge is 0.355 e. The van der Waals surface area contributed by atoms with Gasteiger partial charge in [-0.15, -0.1) is 12.6 Å². The molecule has 0 bridgehead atoms. The molecule has 4 rings (SSSR count). The third-order valence-corrected chi connectivity index (χ3v) is 8.96. The highest BCUT2D eigenvalue weighted by Gasteiger charge is 2.32. The van der Waals surface area contributed by atoms with E-state index < -0.39 is 27.0 Å². The molecule has 0 spiro atoms. The van der Waals surface area contributed by atoms with Gasteiger partial charge in [-0.1, -0.05) is 12.8 Å². The van der Waals surface area contributed by atoms with Crippen LogP contribution in [0.1, 0.15) is 73.0 Å². The summed E-state index contributed by atoms with van der Waals surface area (Å²) in [6.07, 6.45) is 5.85. The van der Waals surface area contributed by atoms with Crippen LogP contribution in [0.5, 0.6) is 0 Å². The highest BCUT2D eigenvalue weighted by atomic mass is 32.2. The van der Waals surface area contributed by atoms with Crippen LogP contribution < -0.4 is 9.62 Å². The van der Waals surface area contributed by atoms with Crippen LogP contribution in [0.15, 0.2) is 6.07 Å². The fraction of sp³-hybridized carbons (Fsp3) is 0.625. The van der Waals surface area contributed by atoms with Crippen LogP contribution in [0.2, 0.25) is 0 Å². The second kappa shape index (κ2) is 11.2. The van der Waals surface area contributed by atoms with Crippen LogP contribution in [-0.4, -0.2) is 60.6 Å². The Balaban J connectivity index is 1.44. The van der Waals surface area contributed by atoms with Crippen molar-refractivity contribution in [1.82, 2.24) is 14.6 Å². The molecule has 0 atom stereocenters. The van der Waals surface area contributed by atoms with Crippen molar-refractivity contribution in [3.63, 3.8) is 0 Å². The number of nitrogens with one attached hydrogen (secondary N) is 1. The molecule has 0 aromatic carbocycles. The quantitative estimate of drug-likeness (QED) is 0.484. The normalized spacial score (nSPS) is 19.5. The fourth-order valence-corrected chi connectivity index (χ4v) is 7.04. The average molecular weight is 534 g/mol. The van der Waals surface area contributed by atoms with Gasteiger partial charge < -0.3 is 9.80 Å². The molecule has 12 heteroatoms. The number of likely N-dealkylation sites (tertiary alicyclic amines) is 1. The molecular weight excluding hydrogens is 502 g/mol. The highest BCUT2D eigenvalue weighted by molar-refractivity contribution is 7.97. The number of pyridine rings is 1. The second-order valence-corrected chi connectivity index (χ2v) is 12.0. The van der Waals surface area contributed by atoms with E-state index in [-0.39, 0.29) is 35.2 Å². The smallest absolute Gasteiger partial charge is 0.236 e. The Labute approximate surface area is 216 Å². The van der Waals surface area contributed by atoms with E-state index in [1.54, 1.807) is 4.90 Å². The SMILES string of the molecule is N#Cc1cc(C(=O)S)c(CN2CCCC2=O)nc1N1CCC(C(=O)NS(=O)(=O)CC2CCCC2)CC1. The minimum Gasteiger partial charge on any atom is -0.355 e. The van der Waals surface area contributed by atoms with Crippen LogP contribution >= 0.6 is 12.6 Å². The predicted molar refractivity (Wildman–Crippen MR) is 136 cm³/mol. The van der Waals surface area contributed by atoms with Gasteiger partial charge in [0.25, 0.3) is 0 Å². The lowest BCUT2D eigenvalue weighted by molar-refractivity contribution is -0.128. The molecule has 2 saturated heterocycles. The van der Waals surface area contributed by atoms with Gasteiger partial charge in [0.1, 0.15) is 11.9 Å². The highest BCUT2D eigenvalue weighted by Crippen LogP contribution is 2.29. The zero-order chi connectivity index (χ0) is 25.9. The molecule has 0 unspecified atom stereocenters. The Bertz CT molecular complexity index is 1180. The first-order valence-electron chi connectivity index (χ1n) is 12.4. The summed E-state index contributed by atoms with van der Waals surface area (Å²) in [4.78, 5) is 45.1. The van der Waals surface area contributed by atoms with Gasteiger partial charge in [-0.2, -0.15) is 5.26 Å². The molecule has 1 aliphatic carbocycles. The molecule has 1 aromatic rings. The minimum absolute atomic E-state index is 0.00465. The number of aromatic nitrogens is 1. The first kappa shape index (κ1) is 26.4. The molecule has 10 nitrogen and oxygen atoms in total. The number of thiol groups is 1. The maximum Gasteiger partial charge on any atom is 0.236 e. The topological polar surface area (TPSA) is 141 Å². The number of nitriles is 1. The van der Waals surface area contributed by atoms with Gasteiger partial charge in [-0.25, -0.2) is 13.4 Å². The van der Waals surface area contributed by atoms with Gasteiger partial charge in [0.05, 0.1) is 29.1 Å². The first-order chi connectivity index (χ1) is 17.2. The molecule has 2 aliphatic heterocycles. The van der Waals surface area contributed by atoms with E-state index in [0.29, 0.717) is 50.4 Å². The van der Waals surface area contributed by atoms with Crippen LogP contribution in [0.3, 0.4) is 0 Å². The maximum atomic E-state index is 12.7. The summed E-state index contributed by atoms with van der Waals surface area (Å²) in [6.45, 7) is 1.55. The molecule has 2 amide bonds.